The van der Waals surface area contributed by atoms with Crippen LogP contribution in [-0.2, 0) is 11.3 Å². The molecule has 0 unspecified atom stereocenters. The van der Waals surface area contributed by atoms with Crippen molar-refractivity contribution in [1.82, 2.24) is 4.90 Å². The average Bonchev–Trinajstić information content (AvgIpc) is 3.07. The molecule has 0 bridgehead atoms. The summed E-state index contributed by atoms with van der Waals surface area (Å²) in [6.07, 6.45) is 2.92. The van der Waals surface area contributed by atoms with Gasteiger partial charge in [0, 0.05) is 18.0 Å². The lowest BCUT2D eigenvalue weighted by Crippen LogP contribution is -2.26. The second kappa shape index (κ2) is 6.42. The molecule has 6 heteroatoms. The van der Waals surface area contributed by atoms with Crippen molar-refractivity contribution in [2.45, 2.75) is 6.54 Å². The van der Waals surface area contributed by atoms with Crippen molar-refractivity contribution in [2.75, 3.05) is 7.05 Å². The first-order valence-electron chi connectivity index (χ1n) is 5.75. The number of nitriles is 1. The molecular weight excluding hydrogens is 296 g/mol. The maximum Gasteiger partial charge on any atom is 0.264 e. The SMILES string of the molecule is CN(Cc1ccc(Cl)s1)C(=O)/C(C#N)=C\c1ccco1. The van der Waals surface area contributed by atoms with Crippen LogP contribution in [0, 0.1) is 11.3 Å². The van der Waals surface area contributed by atoms with Gasteiger partial charge in [-0.3, -0.25) is 4.79 Å². The van der Waals surface area contributed by atoms with E-state index in [4.69, 9.17) is 21.3 Å². The fourth-order valence-corrected chi connectivity index (χ4v) is 2.75. The fraction of sp³-hybridized carbons (Fsp3) is 0.143. The van der Waals surface area contributed by atoms with Crippen molar-refractivity contribution in [3.05, 3.63) is 51.1 Å². The van der Waals surface area contributed by atoms with Crippen LogP contribution in [0.3, 0.4) is 0 Å². The first-order valence-corrected chi connectivity index (χ1v) is 6.94. The van der Waals surface area contributed by atoms with E-state index in [9.17, 15) is 4.79 Å². The summed E-state index contributed by atoms with van der Waals surface area (Å²) in [5.74, 6) is 0.121. The average molecular weight is 307 g/mol. The van der Waals surface area contributed by atoms with E-state index in [1.807, 2.05) is 12.1 Å². The highest BCUT2D eigenvalue weighted by molar-refractivity contribution is 7.16. The van der Waals surface area contributed by atoms with E-state index in [2.05, 4.69) is 0 Å². The lowest BCUT2D eigenvalue weighted by molar-refractivity contribution is -0.125. The predicted molar refractivity (Wildman–Crippen MR) is 78.1 cm³/mol. The fourth-order valence-electron chi connectivity index (χ4n) is 1.61. The third kappa shape index (κ3) is 3.50. The standard InChI is InChI=1S/C14H11ClN2O2S/c1-17(9-12-4-5-13(15)20-12)14(18)10(8-16)7-11-3-2-6-19-11/h2-7H,9H2,1H3/b10-7-. The Hall–Kier alpha value is -2.03. The van der Waals surface area contributed by atoms with E-state index in [-0.39, 0.29) is 11.5 Å². The third-order valence-electron chi connectivity index (χ3n) is 2.55. The van der Waals surface area contributed by atoms with Crippen LogP contribution in [0.15, 0.2) is 40.5 Å². The van der Waals surface area contributed by atoms with Gasteiger partial charge in [0.1, 0.15) is 17.4 Å². The van der Waals surface area contributed by atoms with Gasteiger partial charge in [0.15, 0.2) is 0 Å². The normalized spacial score (nSPS) is 11.2. The third-order valence-corrected chi connectivity index (χ3v) is 3.77. The number of likely N-dealkylation sites (N-methyl/N-ethyl adjacent to an activating group) is 1. The lowest BCUT2D eigenvalue weighted by atomic mass is 10.2. The molecule has 4 nitrogen and oxygen atoms in total. The minimum atomic E-state index is -0.353. The van der Waals surface area contributed by atoms with Gasteiger partial charge in [-0.2, -0.15) is 5.26 Å². The van der Waals surface area contributed by atoms with Crippen LogP contribution >= 0.6 is 22.9 Å². The zero-order valence-corrected chi connectivity index (χ0v) is 12.2. The number of carbonyl (C=O) groups excluding carboxylic acids is 1. The number of thiophene rings is 1. The van der Waals surface area contributed by atoms with Gasteiger partial charge >= 0.3 is 0 Å². The van der Waals surface area contributed by atoms with E-state index in [1.165, 1.54) is 28.6 Å². The molecule has 0 spiro atoms. The highest BCUT2D eigenvalue weighted by atomic mass is 35.5. The second-order valence-corrected chi connectivity index (χ2v) is 5.85. The van der Waals surface area contributed by atoms with Crippen molar-refractivity contribution in [3.63, 3.8) is 0 Å². The zero-order chi connectivity index (χ0) is 14.5. The first-order chi connectivity index (χ1) is 9.60. The van der Waals surface area contributed by atoms with Crippen LogP contribution < -0.4 is 0 Å². The molecule has 0 fully saturated rings. The number of amides is 1. The van der Waals surface area contributed by atoms with Gasteiger partial charge < -0.3 is 9.32 Å². The molecule has 2 aromatic rings. The van der Waals surface area contributed by atoms with Crippen LogP contribution in [-0.4, -0.2) is 17.9 Å². The monoisotopic (exact) mass is 306 g/mol. The highest BCUT2D eigenvalue weighted by Gasteiger charge is 2.16. The van der Waals surface area contributed by atoms with Gasteiger partial charge in [0.25, 0.3) is 5.91 Å². The summed E-state index contributed by atoms with van der Waals surface area (Å²) in [5, 5.41) is 9.09. The van der Waals surface area contributed by atoms with Crippen LogP contribution in [0.25, 0.3) is 6.08 Å². The molecule has 2 heterocycles. The molecule has 0 aromatic carbocycles. The van der Waals surface area contributed by atoms with Crippen molar-refractivity contribution >= 4 is 34.9 Å². The summed E-state index contributed by atoms with van der Waals surface area (Å²) >= 11 is 7.26. The molecule has 0 atom stereocenters. The number of nitrogens with zero attached hydrogens (tertiary/aromatic N) is 2. The molecule has 0 aliphatic heterocycles. The molecule has 20 heavy (non-hydrogen) atoms. The molecule has 0 aliphatic carbocycles. The number of halogens is 1. The molecule has 0 N–H and O–H groups in total. The molecule has 0 radical (unpaired) electrons. The molecule has 0 saturated carbocycles. The van der Waals surface area contributed by atoms with Crippen LogP contribution in [0.1, 0.15) is 10.6 Å². The smallest absolute Gasteiger partial charge is 0.264 e. The minimum absolute atomic E-state index is 0.0325. The van der Waals surface area contributed by atoms with Crippen LogP contribution in [0.2, 0.25) is 4.34 Å². The van der Waals surface area contributed by atoms with Gasteiger partial charge in [-0.15, -0.1) is 11.3 Å². The number of carbonyl (C=O) groups is 1. The van der Waals surface area contributed by atoms with Crippen molar-refractivity contribution in [2.24, 2.45) is 0 Å². The molecule has 102 valence electrons. The number of rotatable bonds is 4. The summed E-state index contributed by atoms with van der Waals surface area (Å²) in [7, 11) is 1.64. The summed E-state index contributed by atoms with van der Waals surface area (Å²) in [6.45, 7) is 0.410. The van der Waals surface area contributed by atoms with Gasteiger partial charge in [0.2, 0.25) is 0 Å². The van der Waals surface area contributed by atoms with Gasteiger partial charge in [-0.05, 0) is 24.3 Å². The Morgan fingerprint density at radius 1 is 1.55 bits per heavy atom. The Morgan fingerprint density at radius 2 is 2.35 bits per heavy atom. The Labute approximate surface area is 125 Å². The molecular formula is C14H11ClN2O2S. The van der Waals surface area contributed by atoms with Crippen LogP contribution in [0.5, 0.6) is 0 Å². The minimum Gasteiger partial charge on any atom is -0.465 e. The van der Waals surface area contributed by atoms with E-state index < -0.39 is 0 Å². The predicted octanol–water partition coefficient (Wildman–Crippen LogP) is 3.56. The summed E-state index contributed by atoms with van der Waals surface area (Å²) in [4.78, 5) is 14.6. The molecule has 2 rings (SSSR count). The Kier molecular flexibility index (Phi) is 4.61. The number of hydrogen-bond donors (Lipinski definition) is 0. The molecule has 1 amide bonds. The molecule has 0 saturated heterocycles. The largest absolute Gasteiger partial charge is 0.465 e. The van der Waals surface area contributed by atoms with Gasteiger partial charge in [-0.1, -0.05) is 11.6 Å². The number of furan rings is 1. The maximum atomic E-state index is 12.2. The molecule has 2 aromatic heterocycles. The summed E-state index contributed by atoms with van der Waals surface area (Å²) in [5.41, 5.74) is 0.0325. The quantitative estimate of drug-likeness (QED) is 0.641. The topological polar surface area (TPSA) is 57.2 Å². The lowest BCUT2D eigenvalue weighted by Gasteiger charge is -2.15. The Balaban J connectivity index is 2.11. The van der Waals surface area contributed by atoms with Crippen molar-refractivity contribution < 1.29 is 9.21 Å². The van der Waals surface area contributed by atoms with E-state index in [0.29, 0.717) is 16.6 Å². The zero-order valence-electron chi connectivity index (χ0n) is 10.7. The number of hydrogen-bond acceptors (Lipinski definition) is 4. The Morgan fingerprint density at radius 3 is 2.90 bits per heavy atom. The van der Waals surface area contributed by atoms with E-state index in [1.54, 1.807) is 25.2 Å². The molecule has 0 aliphatic rings. The highest BCUT2D eigenvalue weighted by Crippen LogP contribution is 2.22. The first kappa shape index (κ1) is 14.4. The maximum absolute atomic E-state index is 12.2. The van der Waals surface area contributed by atoms with E-state index in [0.717, 1.165) is 4.88 Å². The van der Waals surface area contributed by atoms with E-state index >= 15 is 0 Å². The van der Waals surface area contributed by atoms with Gasteiger partial charge in [0.05, 0.1) is 17.1 Å². The Bertz CT molecular complexity index is 668. The summed E-state index contributed by atoms with van der Waals surface area (Å²) in [6, 6.07) is 8.92. The van der Waals surface area contributed by atoms with Crippen LogP contribution in [0.4, 0.5) is 0 Å². The van der Waals surface area contributed by atoms with Gasteiger partial charge in [-0.25, -0.2) is 0 Å². The summed E-state index contributed by atoms with van der Waals surface area (Å²) < 4.78 is 5.78. The van der Waals surface area contributed by atoms with Crippen molar-refractivity contribution in [1.29, 1.82) is 5.26 Å². The second-order valence-electron chi connectivity index (χ2n) is 4.05. The van der Waals surface area contributed by atoms with Crippen molar-refractivity contribution in [3.8, 4) is 6.07 Å².